The molecule has 0 aliphatic carbocycles. The summed E-state index contributed by atoms with van der Waals surface area (Å²) in [4.78, 5) is 11.1. The first-order chi connectivity index (χ1) is 6.27. The van der Waals surface area contributed by atoms with E-state index in [1.165, 1.54) is 24.3 Å². The van der Waals surface area contributed by atoms with E-state index >= 15 is 0 Å². The van der Waals surface area contributed by atoms with Crippen LogP contribution >= 0.6 is 0 Å². The number of ether oxygens (including phenoxy) is 1. The minimum Gasteiger partial charge on any atom is -0.462 e. The average molecular weight is 180 g/mol. The lowest BCUT2D eigenvalue weighted by molar-refractivity contribution is 0.0526. The van der Waals surface area contributed by atoms with Crippen molar-refractivity contribution >= 4 is 11.7 Å². The Morgan fingerprint density at radius 3 is 2.46 bits per heavy atom. The molecule has 13 heavy (non-hydrogen) atoms. The molecule has 0 atom stereocenters. The van der Waals surface area contributed by atoms with Gasteiger partial charge in [-0.2, -0.15) is 0 Å². The lowest BCUT2D eigenvalue weighted by Gasteiger charge is -2.01. The van der Waals surface area contributed by atoms with Gasteiger partial charge >= 0.3 is 5.97 Å². The number of benzene rings is 1. The summed E-state index contributed by atoms with van der Waals surface area (Å²) in [6, 6.07) is 6.13. The predicted octanol–water partition coefficient (Wildman–Crippen LogP) is 1.62. The Hall–Kier alpha value is -1.55. The van der Waals surface area contributed by atoms with E-state index in [9.17, 15) is 10.0 Å². The van der Waals surface area contributed by atoms with Gasteiger partial charge in [0.2, 0.25) is 0 Å². The smallest absolute Gasteiger partial charge is 0.338 e. The first-order valence-electron chi connectivity index (χ1n) is 3.93. The quantitative estimate of drug-likeness (QED) is 0.568. The van der Waals surface area contributed by atoms with Crippen LogP contribution in [0.15, 0.2) is 24.3 Å². The van der Waals surface area contributed by atoms with Crippen molar-refractivity contribution in [1.29, 1.82) is 0 Å². The molecule has 0 fully saturated rings. The second-order valence-electron chi connectivity index (χ2n) is 2.40. The maximum Gasteiger partial charge on any atom is 0.338 e. The molecular formula is C9H10NO3. The number of hydrogen-bond acceptors (Lipinski definition) is 3. The highest BCUT2D eigenvalue weighted by Gasteiger charge is 2.04. The zero-order valence-electron chi connectivity index (χ0n) is 7.24. The van der Waals surface area contributed by atoms with Crippen LogP contribution in [0, 0.1) is 0 Å². The SMILES string of the molecule is CCOC(=O)c1ccc(N[O])cc1. The molecule has 69 valence electrons. The van der Waals surface area contributed by atoms with Crippen LogP contribution in [0.1, 0.15) is 17.3 Å². The average Bonchev–Trinajstić information content (AvgIpc) is 2.18. The molecule has 0 saturated carbocycles. The molecule has 1 N–H and O–H groups in total. The van der Waals surface area contributed by atoms with Crippen molar-refractivity contribution in [3.8, 4) is 0 Å². The van der Waals surface area contributed by atoms with Gasteiger partial charge in [-0.1, -0.05) is 5.21 Å². The highest BCUT2D eigenvalue weighted by molar-refractivity contribution is 5.89. The van der Waals surface area contributed by atoms with Crippen LogP contribution < -0.4 is 5.48 Å². The highest BCUT2D eigenvalue weighted by Crippen LogP contribution is 2.09. The van der Waals surface area contributed by atoms with Crippen LogP contribution in [0.3, 0.4) is 0 Å². The Bertz CT molecular complexity index is 281. The van der Waals surface area contributed by atoms with Crippen LogP contribution in [-0.4, -0.2) is 12.6 Å². The first kappa shape index (κ1) is 9.54. The topological polar surface area (TPSA) is 58.2 Å². The molecule has 0 aromatic heterocycles. The molecular weight excluding hydrogens is 170 g/mol. The number of hydrogen-bond donors (Lipinski definition) is 1. The Balaban J connectivity index is 2.74. The molecule has 1 radical (unpaired) electrons. The number of nitrogens with one attached hydrogen (secondary N) is 1. The second kappa shape index (κ2) is 4.47. The van der Waals surface area contributed by atoms with Crippen molar-refractivity contribution in [2.75, 3.05) is 12.1 Å². The zero-order valence-corrected chi connectivity index (χ0v) is 7.24. The third kappa shape index (κ3) is 2.45. The van der Waals surface area contributed by atoms with Gasteiger partial charge in [-0.25, -0.2) is 10.3 Å². The molecule has 4 nitrogen and oxygen atoms in total. The van der Waals surface area contributed by atoms with Gasteiger partial charge in [0.05, 0.1) is 17.9 Å². The molecule has 1 aromatic rings. The Labute approximate surface area is 76.1 Å². The number of carbonyl (C=O) groups is 1. The molecule has 1 aromatic carbocycles. The number of carbonyl (C=O) groups excluding carboxylic acids is 1. The fraction of sp³-hybridized carbons (Fsp3) is 0.222. The fourth-order valence-electron chi connectivity index (χ4n) is 0.889. The second-order valence-corrected chi connectivity index (χ2v) is 2.40. The summed E-state index contributed by atoms with van der Waals surface area (Å²) in [6.07, 6.45) is 0. The van der Waals surface area contributed by atoms with E-state index in [1.807, 2.05) is 0 Å². The summed E-state index contributed by atoms with van der Waals surface area (Å²) in [5.74, 6) is -0.375. The van der Waals surface area contributed by atoms with Gasteiger partial charge in [0, 0.05) is 0 Å². The minimum absolute atomic E-state index is 0.348. The summed E-state index contributed by atoms with van der Waals surface area (Å²) >= 11 is 0. The van der Waals surface area contributed by atoms with Crippen LogP contribution in [0.25, 0.3) is 0 Å². The molecule has 0 unspecified atom stereocenters. The van der Waals surface area contributed by atoms with Gasteiger partial charge in [-0.15, -0.1) is 0 Å². The van der Waals surface area contributed by atoms with E-state index in [-0.39, 0.29) is 5.97 Å². The molecule has 0 heterocycles. The summed E-state index contributed by atoms with van der Waals surface area (Å²) in [5.41, 5.74) is 2.59. The van der Waals surface area contributed by atoms with Gasteiger partial charge in [-0.3, -0.25) is 0 Å². The summed E-state index contributed by atoms with van der Waals surface area (Å²) < 4.78 is 4.76. The third-order valence-corrected chi connectivity index (χ3v) is 1.51. The number of rotatable bonds is 3. The van der Waals surface area contributed by atoms with Crippen molar-refractivity contribution in [2.24, 2.45) is 0 Å². The van der Waals surface area contributed by atoms with Crippen molar-refractivity contribution in [2.45, 2.75) is 6.92 Å². The van der Waals surface area contributed by atoms with E-state index < -0.39 is 0 Å². The lowest BCUT2D eigenvalue weighted by atomic mass is 10.2. The number of anilines is 1. The zero-order chi connectivity index (χ0) is 9.68. The van der Waals surface area contributed by atoms with Crippen LogP contribution in [0.4, 0.5) is 5.69 Å². The van der Waals surface area contributed by atoms with E-state index in [0.717, 1.165) is 0 Å². The fourth-order valence-corrected chi connectivity index (χ4v) is 0.889. The van der Waals surface area contributed by atoms with Gasteiger partial charge in [0.25, 0.3) is 0 Å². The molecule has 0 spiro atoms. The Morgan fingerprint density at radius 1 is 1.38 bits per heavy atom. The molecule has 1 rings (SSSR count). The van der Waals surface area contributed by atoms with Crippen molar-refractivity contribution in [3.63, 3.8) is 0 Å². The molecule has 0 bridgehead atoms. The van der Waals surface area contributed by atoms with Crippen molar-refractivity contribution in [3.05, 3.63) is 29.8 Å². The van der Waals surface area contributed by atoms with Crippen LogP contribution in [0.5, 0.6) is 0 Å². The van der Waals surface area contributed by atoms with Gasteiger partial charge < -0.3 is 4.74 Å². The van der Waals surface area contributed by atoms with E-state index in [0.29, 0.717) is 17.9 Å². The van der Waals surface area contributed by atoms with E-state index in [4.69, 9.17) is 4.74 Å². The lowest BCUT2D eigenvalue weighted by Crippen LogP contribution is -2.04. The third-order valence-electron chi connectivity index (χ3n) is 1.51. The largest absolute Gasteiger partial charge is 0.462 e. The van der Waals surface area contributed by atoms with E-state index in [1.54, 1.807) is 12.4 Å². The highest BCUT2D eigenvalue weighted by atomic mass is 16.5. The summed E-state index contributed by atoms with van der Waals surface area (Å²) in [6.45, 7) is 2.09. The molecule has 0 aliphatic rings. The van der Waals surface area contributed by atoms with Crippen LogP contribution in [0.2, 0.25) is 0 Å². The van der Waals surface area contributed by atoms with Crippen molar-refractivity contribution < 1.29 is 14.7 Å². The normalized spacial score (nSPS) is 9.38. The van der Waals surface area contributed by atoms with E-state index in [2.05, 4.69) is 0 Å². The molecule has 0 amide bonds. The van der Waals surface area contributed by atoms with Gasteiger partial charge in [0.15, 0.2) is 0 Å². The summed E-state index contributed by atoms with van der Waals surface area (Å²) in [7, 11) is 0. The molecule has 0 saturated heterocycles. The Kier molecular flexibility index (Phi) is 3.28. The molecule has 0 aliphatic heterocycles. The summed E-state index contributed by atoms with van der Waals surface area (Å²) in [5, 5.41) is 10.2. The monoisotopic (exact) mass is 180 g/mol. The van der Waals surface area contributed by atoms with Crippen molar-refractivity contribution in [1.82, 2.24) is 0 Å². The Morgan fingerprint density at radius 2 is 2.00 bits per heavy atom. The number of esters is 1. The standard InChI is InChI=1S/C9H10NO3/c1-2-13-9(11)7-3-5-8(10-12)6-4-7/h3-6,10H,2H2,1H3. The minimum atomic E-state index is -0.375. The van der Waals surface area contributed by atoms with Gasteiger partial charge in [0.1, 0.15) is 0 Å². The predicted molar refractivity (Wildman–Crippen MR) is 46.7 cm³/mol. The van der Waals surface area contributed by atoms with Gasteiger partial charge in [-0.05, 0) is 31.2 Å². The maximum atomic E-state index is 11.1. The molecule has 4 heteroatoms. The van der Waals surface area contributed by atoms with Crippen LogP contribution in [-0.2, 0) is 9.94 Å². The first-order valence-corrected chi connectivity index (χ1v) is 3.93. The maximum absolute atomic E-state index is 11.1.